The SMILES string of the molecule is CCCCN(C(=O)CSc1ncnc2sc(-c3ccccc3)cc12)C1CCS(=O)(=O)C1. The van der Waals surface area contributed by atoms with E-state index in [0.717, 1.165) is 38.5 Å². The molecule has 0 saturated carbocycles. The van der Waals surface area contributed by atoms with Crippen LogP contribution in [0.2, 0.25) is 0 Å². The largest absolute Gasteiger partial charge is 0.338 e. The number of amides is 1. The average Bonchev–Trinajstić information content (AvgIpc) is 3.36. The monoisotopic (exact) mass is 475 g/mol. The Morgan fingerprint density at radius 2 is 2.06 bits per heavy atom. The molecule has 0 N–H and O–H groups in total. The van der Waals surface area contributed by atoms with Gasteiger partial charge in [-0.1, -0.05) is 55.4 Å². The van der Waals surface area contributed by atoms with Crippen molar-refractivity contribution in [1.82, 2.24) is 14.9 Å². The van der Waals surface area contributed by atoms with Gasteiger partial charge < -0.3 is 4.90 Å². The first kappa shape index (κ1) is 22.2. The lowest BCUT2D eigenvalue weighted by molar-refractivity contribution is -0.130. The lowest BCUT2D eigenvalue weighted by Gasteiger charge is -2.28. The molecule has 0 aliphatic carbocycles. The second-order valence-corrected chi connectivity index (χ2v) is 11.9. The van der Waals surface area contributed by atoms with Crippen LogP contribution in [0.5, 0.6) is 0 Å². The van der Waals surface area contributed by atoms with Gasteiger partial charge in [0, 0.05) is 22.8 Å². The van der Waals surface area contributed by atoms with Gasteiger partial charge in [0.1, 0.15) is 16.2 Å². The van der Waals surface area contributed by atoms with Crippen molar-refractivity contribution in [2.24, 2.45) is 0 Å². The molecule has 164 valence electrons. The number of aromatic nitrogens is 2. The summed E-state index contributed by atoms with van der Waals surface area (Å²) in [4.78, 5) is 25.7. The molecule has 0 bridgehead atoms. The second-order valence-electron chi connectivity index (χ2n) is 7.66. The summed E-state index contributed by atoms with van der Waals surface area (Å²) in [6.07, 6.45) is 3.90. The molecule has 31 heavy (non-hydrogen) atoms. The van der Waals surface area contributed by atoms with Crippen molar-refractivity contribution in [2.45, 2.75) is 37.3 Å². The summed E-state index contributed by atoms with van der Waals surface area (Å²) in [5.41, 5.74) is 1.13. The molecule has 9 heteroatoms. The molecule has 1 amide bonds. The zero-order valence-electron chi connectivity index (χ0n) is 17.4. The molecule has 3 aromatic rings. The lowest BCUT2D eigenvalue weighted by atomic mass is 10.2. The first-order valence-corrected chi connectivity index (χ1v) is 14.0. The van der Waals surface area contributed by atoms with Gasteiger partial charge in [-0.05, 0) is 24.5 Å². The van der Waals surface area contributed by atoms with Crippen LogP contribution in [-0.2, 0) is 14.6 Å². The van der Waals surface area contributed by atoms with Gasteiger partial charge in [-0.3, -0.25) is 4.79 Å². The molecule has 0 radical (unpaired) electrons. The predicted molar refractivity (Wildman–Crippen MR) is 127 cm³/mol. The molecule has 6 nitrogen and oxygen atoms in total. The summed E-state index contributed by atoms with van der Waals surface area (Å²) < 4.78 is 23.9. The van der Waals surface area contributed by atoms with Gasteiger partial charge in [0.25, 0.3) is 0 Å². The summed E-state index contributed by atoms with van der Waals surface area (Å²) in [6.45, 7) is 2.67. The molecule has 4 rings (SSSR count). The summed E-state index contributed by atoms with van der Waals surface area (Å²) in [6, 6.07) is 12.0. The topological polar surface area (TPSA) is 80.2 Å². The van der Waals surface area contributed by atoms with Crippen LogP contribution in [0.15, 0.2) is 47.8 Å². The number of sulfone groups is 1. The number of fused-ring (bicyclic) bond motifs is 1. The fraction of sp³-hybridized carbons (Fsp3) is 0.409. The minimum Gasteiger partial charge on any atom is -0.338 e. The maximum atomic E-state index is 13.1. The Morgan fingerprint density at radius 3 is 2.77 bits per heavy atom. The third kappa shape index (κ3) is 5.27. The maximum Gasteiger partial charge on any atom is 0.233 e. The number of hydrogen-bond acceptors (Lipinski definition) is 7. The number of unbranched alkanes of at least 4 members (excludes halogenated alkanes) is 1. The second kappa shape index (κ2) is 9.67. The van der Waals surface area contributed by atoms with Gasteiger partial charge in [0.2, 0.25) is 5.91 Å². The van der Waals surface area contributed by atoms with Crippen molar-refractivity contribution in [3.63, 3.8) is 0 Å². The van der Waals surface area contributed by atoms with Crippen molar-refractivity contribution < 1.29 is 13.2 Å². The van der Waals surface area contributed by atoms with Gasteiger partial charge in [-0.2, -0.15) is 0 Å². The van der Waals surface area contributed by atoms with E-state index in [-0.39, 0.29) is 29.2 Å². The van der Waals surface area contributed by atoms with Crippen molar-refractivity contribution in [3.8, 4) is 10.4 Å². The smallest absolute Gasteiger partial charge is 0.233 e. The fourth-order valence-corrected chi connectivity index (χ4v) is 7.43. The van der Waals surface area contributed by atoms with Crippen LogP contribution in [0.4, 0.5) is 0 Å². The number of nitrogens with zero attached hydrogens (tertiary/aromatic N) is 3. The fourth-order valence-electron chi connectivity index (χ4n) is 3.77. The van der Waals surface area contributed by atoms with Gasteiger partial charge in [-0.15, -0.1) is 11.3 Å². The highest BCUT2D eigenvalue weighted by Gasteiger charge is 2.34. The van der Waals surface area contributed by atoms with Crippen molar-refractivity contribution in [2.75, 3.05) is 23.8 Å². The molecule has 1 unspecified atom stereocenters. The van der Waals surface area contributed by atoms with E-state index >= 15 is 0 Å². The minimum atomic E-state index is -3.04. The van der Waals surface area contributed by atoms with Crippen molar-refractivity contribution in [3.05, 3.63) is 42.7 Å². The Kier molecular flexibility index (Phi) is 6.93. The van der Waals surface area contributed by atoms with Gasteiger partial charge in [0.05, 0.1) is 17.3 Å². The van der Waals surface area contributed by atoms with Crippen molar-refractivity contribution >= 4 is 49.1 Å². The van der Waals surface area contributed by atoms with Crippen LogP contribution >= 0.6 is 23.1 Å². The highest BCUT2D eigenvalue weighted by Crippen LogP contribution is 2.36. The first-order chi connectivity index (χ1) is 15.0. The normalized spacial score (nSPS) is 17.8. The first-order valence-electron chi connectivity index (χ1n) is 10.4. The lowest BCUT2D eigenvalue weighted by Crippen LogP contribution is -2.42. The van der Waals surface area contributed by atoms with E-state index in [1.165, 1.54) is 11.8 Å². The van der Waals surface area contributed by atoms with E-state index in [2.05, 4.69) is 35.1 Å². The Morgan fingerprint density at radius 1 is 1.26 bits per heavy atom. The number of carbonyl (C=O) groups excluding carboxylic acids is 1. The summed E-state index contributed by atoms with van der Waals surface area (Å²) in [7, 11) is -3.04. The molecule has 2 aromatic heterocycles. The zero-order valence-corrected chi connectivity index (χ0v) is 19.8. The molecule has 1 atom stereocenters. The number of benzene rings is 1. The molecule has 1 aliphatic rings. The Bertz CT molecular complexity index is 1160. The highest BCUT2D eigenvalue weighted by atomic mass is 32.2. The van der Waals surface area contributed by atoms with Crippen LogP contribution in [0.3, 0.4) is 0 Å². The summed E-state index contributed by atoms with van der Waals surface area (Å²) >= 11 is 3.01. The molecule has 1 aliphatic heterocycles. The number of thioether (sulfide) groups is 1. The number of rotatable bonds is 8. The average molecular weight is 476 g/mol. The maximum absolute atomic E-state index is 13.1. The standard InChI is InChI=1S/C22H25N3O3S3/c1-2-3-10-25(17-9-11-31(27,28)14-17)20(26)13-29-21-18-12-19(16-7-5-4-6-8-16)30-22(18)24-15-23-21/h4-8,12,15,17H,2-3,9-11,13-14H2,1H3. The highest BCUT2D eigenvalue weighted by molar-refractivity contribution is 8.00. The summed E-state index contributed by atoms with van der Waals surface area (Å²) in [5.74, 6) is 0.467. The van der Waals surface area contributed by atoms with Gasteiger partial charge >= 0.3 is 0 Å². The van der Waals surface area contributed by atoms with Gasteiger partial charge in [-0.25, -0.2) is 18.4 Å². The van der Waals surface area contributed by atoms with E-state index < -0.39 is 9.84 Å². The van der Waals surface area contributed by atoms with Gasteiger partial charge in [0.15, 0.2) is 9.84 Å². The van der Waals surface area contributed by atoms with Crippen LogP contribution < -0.4 is 0 Å². The third-order valence-corrected chi connectivity index (χ3v) is 9.24. The number of hydrogen-bond donors (Lipinski definition) is 0. The van der Waals surface area contributed by atoms with E-state index in [0.29, 0.717) is 13.0 Å². The Labute approximate surface area is 191 Å². The third-order valence-electron chi connectivity index (χ3n) is 5.41. The van der Waals surface area contributed by atoms with E-state index in [1.54, 1.807) is 22.6 Å². The molecule has 1 saturated heterocycles. The van der Waals surface area contributed by atoms with E-state index in [9.17, 15) is 13.2 Å². The number of carbonyl (C=O) groups is 1. The Hall–Kier alpha value is -1.97. The molecular weight excluding hydrogens is 450 g/mol. The minimum absolute atomic E-state index is 0.0224. The molecular formula is C22H25N3O3S3. The van der Waals surface area contributed by atoms with E-state index in [4.69, 9.17) is 0 Å². The molecule has 3 heterocycles. The van der Waals surface area contributed by atoms with Crippen LogP contribution in [0.25, 0.3) is 20.7 Å². The van der Waals surface area contributed by atoms with Crippen LogP contribution in [-0.4, -0.2) is 59.0 Å². The molecule has 1 aromatic carbocycles. The zero-order chi connectivity index (χ0) is 21.8. The molecule has 1 fully saturated rings. The Balaban J connectivity index is 1.50. The molecule has 0 spiro atoms. The summed E-state index contributed by atoms with van der Waals surface area (Å²) in [5, 5.41) is 1.74. The van der Waals surface area contributed by atoms with Crippen LogP contribution in [0, 0.1) is 0 Å². The quantitative estimate of drug-likeness (QED) is 0.358. The van der Waals surface area contributed by atoms with Crippen molar-refractivity contribution in [1.29, 1.82) is 0 Å². The predicted octanol–water partition coefficient (Wildman–Crippen LogP) is 4.27. The number of thiophene rings is 1. The van der Waals surface area contributed by atoms with E-state index in [1.807, 2.05) is 18.2 Å². The van der Waals surface area contributed by atoms with Crippen LogP contribution in [0.1, 0.15) is 26.2 Å².